The van der Waals surface area contributed by atoms with Crippen LogP contribution >= 0.6 is 11.8 Å². The van der Waals surface area contributed by atoms with Crippen molar-refractivity contribution >= 4 is 23.6 Å². The number of carbonyl (C=O) groups is 2. The van der Waals surface area contributed by atoms with E-state index in [0.717, 1.165) is 18.3 Å². The topological polar surface area (TPSA) is 69.6 Å². The molecule has 2 N–H and O–H groups in total. The van der Waals surface area contributed by atoms with Gasteiger partial charge in [0, 0.05) is 13.1 Å². The summed E-state index contributed by atoms with van der Waals surface area (Å²) < 4.78 is 0. The summed E-state index contributed by atoms with van der Waals surface area (Å²) in [6.07, 6.45) is 0. The van der Waals surface area contributed by atoms with Crippen LogP contribution in [0.4, 0.5) is 0 Å². The molecular formula is C8H16N2O3S. The molecule has 0 bridgehead atoms. The quantitative estimate of drug-likeness (QED) is 0.604. The van der Waals surface area contributed by atoms with E-state index in [-0.39, 0.29) is 17.4 Å². The highest BCUT2D eigenvalue weighted by Crippen LogP contribution is 1.97. The van der Waals surface area contributed by atoms with Gasteiger partial charge in [-0.3, -0.25) is 9.59 Å². The van der Waals surface area contributed by atoms with Crippen LogP contribution < -0.4 is 5.32 Å². The van der Waals surface area contributed by atoms with E-state index in [1.807, 2.05) is 19.0 Å². The Bertz CT molecular complexity index is 197. The summed E-state index contributed by atoms with van der Waals surface area (Å²) in [5, 5.41) is 11.0. The fourth-order valence-corrected chi connectivity index (χ4v) is 1.27. The van der Waals surface area contributed by atoms with Crippen molar-refractivity contribution in [3.05, 3.63) is 0 Å². The molecule has 1 amide bonds. The third-order valence-corrected chi connectivity index (χ3v) is 2.26. The fourth-order valence-electron chi connectivity index (χ4n) is 0.701. The van der Waals surface area contributed by atoms with Crippen molar-refractivity contribution in [3.63, 3.8) is 0 Å². The average Bonchev–Trinajstić information content (AvgIpc) is 2.02. The fraction of sp³-hybridized carbons (Fsp3) is 0.750. The second-order valence-corrected chi connectivity index (χ2v) is 4.03. The molecule has 0 fully saturated rings. The summed E-state index contributed by atoms with van der Waals surface area (Å²) in [4.78, 5) is 23.2. The summed E-state index contributed by atoms with van der Waals surface area (Å²) >= 11 is 1.10. The Labute approximate surface area is 87.8 Å². The standard InChI is InChI=1S/C8H16N2O3S/c1-10(2)4-3-9-7(11)5-14-6-8(12)13/h3-6H2,1-2H3,(H,9,11)(H,12,13). The first kappa shape index (κ1) is 13.2. The molecule has 82 valence electrons. The number of carboxylic acids is 1. The van der Waals surface area contributed by atoms with Crippen molar-refractivity contribution in [1.29, 1.82) is 0 Å². The van der Waals surface area contributed by atoms with Crippen molar-refractivity contribution in [2.75, 3.05) is 38.7 Å². The Morgan fingerprint density at radius 2 is 2.00 bits per heavy atom. The van der Waals surface area contributed by atoms with E-state index in [4.69, 9.17) is 5.11 Å². The van der Waals surface area contributed by atoms with Crippen molar-refractivity contribution in [3.8, 4) is 0 Å². The molecule has 0 aliphatic heterocycles. The molecule has 6 heteroatoms. The summed E-state index contributed by atoms with van der Waals surface area (Å²) in [6, 6.07) is 0. The number of carboxylic acid groups (broad SMARTS) is 1. The molecule has 0 aliphatic carbocycles. The molecule has 14 heavy (non-hydrogen) atoms. The average molecular weight is 220 g/mol. The van der Waals surface area contributed by atoms with Gasteiger partial charge in [-0.1, -0.05) is 0 Å². The van der Waals surface area contributed by atoms with E-state index in [1.54, 1.807) is 0 Å². The first-order valence-corrected chi connectivity index (χ1v) is 5.39. The van der Waals surface area contributed by atoms with Gasteiger partial charge in [-0.15, -0.1) is 11.8 Å². The maximum absolute atomic E-state index is 11.1. The first-order valence-electron chi connectivity index (χ1n) is 4.23. The number of thioether (sulfide) groups is 1. The van der Waals surface area contributed by atoms with Crippen LogP contribution in [0.1, 0.15) is 0 Å². The molecule has 0 heterocycles. The lowest BCUT2D eigenvalue weighted by atomic mass is 10.5. The predicted molar refractivity (Wildman–Crippen MR) is 56.5 cm³/mol. The number of rotatable bonds is 7. The van der Waals surface area contributed by atoms with Crippen LogP contribution in [0.5, 0.6) is 0 Å². The molecule has 0 unspecified atom stereocenters. The number of hydrogen-bond donors (Lipinski definition) is 2. The lowest BCUT2D eigenvalue weighted by Gasteiger charge is -2.09. The zero-order valence-electron chi connectivity index (χ0n) is 8.45. The molecule has 0 saturated carbocycles. The minimum absolute atomic E-state index is 0.0267. The molecule has 0 spiro atoms. The smallest absolute Gasteiger partial charge is 0.313 e. The van der Waals surface area contributed by atoms with Crippen LogP contribution in [0.2, 0.25) is 0 Å². The summed E-state index contributed by atoms with van der Waals surface area (Å²) in [5.41, 5.74) is 0. The van der Waals surface area contributed by atoms with Gasteiger partial charge in [0.15, 0.2) is 0 Å². The molecule has 5 nitrogen and oxygen atoms in total. The molecule has 0 atom stereocenters. The van der Waals surface area contributed by atoms with Gasteiger partial charge >= 0.3 is 5.97 Å². The molecular weight excluding hydrogens is 204 g/mol. The van der Waals surface area contributed by atoms with E-state index in [1.165, 1.54) is 0 Å². The second kappa shape index (κ2) is 7.64. The maximum Gasteiger partial charge on any atom is 0.313 e. The zero-order valence-corrected chi connectivity index (χ0v) is 9.26. The van der Waals surface area contributed by atoms with E-state index < -0.39 is 5.97 Å². The minimum atomic E-state index is -0.893. The summed E-state index contributed by atoms with van der Waals surface area (Å²) in [5.74, 6) is -0.824. The van der Waals surface area contributed by atoms with Crippen molar-refractivity contribution in [1.82, 2.24) is 10.2 Å². The van der Waals surface area contributed by atoms with Gasteiger partial charge in [0.1, 0.15) is 0 Å². The number of likely N-dealkylation sites (N-methyl/N-ethyl adjacent to an activating group) is 1. The van der Waals surface area contributed by atoms with E-state index in [2.05, 4.69) is 5.32 Å². The Morgan fingerprint density at radius 3 is 2.50 bits per heavy atom. The van der Waals surface area contributed by atoms with Crippen molar-refractivity contribution in [2.45, 2.75) is 0 Å². The lowest BCUT2D eigenvalue weighted by molar-refractivity contribution is -0.133. The SMILES string of the molecule is CN(C)CCNC(=O)CSCC(=O)O. The van der Waals surface area contributed by atoms with Crippen LogP contribution in [0, 0.1) is 0 Å². The Morgan fingerprint density at radius 1 is 1.36 bits per heavy atom. The van der Waals surface area contributed by atoms with Gasteiger partial charge in [-0.05, 0) is 14.1 Å². The van der Waals surface area contributed by atoms with Crippen LogP contribution in [0.15, 0.2) is 0 Å². The third kappa shape index (κ3) is 9.34. The zero-order chi connectivity index (χ0) is 11.0. The first-order chi connectivity index (χ1) is 6.52. The van der Waals surface area contributed by atoms with Crippen LogP contribution in [-0.2, 0) is 9.59 Å². The van der Waals surface area contributed by atoms with Gasteiger partial charge in [0.25, 0.3) is 0 Å². The minimum Gasteiger partial charge on any atom is -0.481 e. The molecule has 0 saturated heterocycles. The van der Waals surface area contributed by atoms with Crippen molar-refractivity contribution < 1.29 is 14.7 Å². The second-order valence-electron chi connectivity index (χ2n) is 3.04. The highest BCUT2D eigenvalue weighted by Gasteiger charge is 2.03. The Balaban J connectivity index is 3.33. The largest absolute Gasteiger partial charge is 0.481 e. The molecule has 0 aromatic heterocycles. The molecule has 0 aromatic carbocycles. The van der Waals surface area contributed by atoms with Crippen molar-refractivity contribution in [2.24, 2.45) is 0 Å². The van der Waals surface area contributed by atoms with Gasteiger partial charge in [-0.2, -0.15) is 0 Å². The Kier molecular flexibility index (Phi) is 7.23. The lowest BCUT2D eigenvalue weighted by Crippen LogP contribution is -2.32. The third-order valence-electron chi connectivity index (χ3n) is 1.34. The number of nitrogens with zero attached hydrogens (tertiary/aromatic N) is 1. The molecule has 0 aromatic rings. The number of aliphatic carboxylic acids is 1. The molecule has 0 rings (SSSR count). The van der Waals surface area contributed by atoms with E-state index in [0.29, 0.717) is 6.54 Å². The van der Waals surface area contributed by atoms with Crippen LogP contribution in [-0.4, -0.2) is 60.6 Å². The number of carbonyl (C=O) groups excluding carboxylic acids is 1. The van der Waals surface area contributed by atoms with Gasteiger partial charge in [0.05, 0.1) is 11.5 Å². The predicted octanol–water partition coefficient (Wildman–Crippen LogP) is -0.518. The summed E-state index contributed by atoms with van der Waals surface area (Å²) in [7, 11) is 3.84. The number of hydrogen-bond acceptors (Lipinski definition) is 4. The normalized spacial score (nSPS) is 10.2. The van der Waals surface area contributed by atoms with E-state index >= 15 is 0 Å². The maximum atomic E-state index is 11.1. The summed E-state index contributed by atoms with van der Waals surface area (Å²) in [6.45, 7) is 1.38. The van der Waals surface area contributed by atoms with Crippen LogP contribution in [0.3, 0.4) is 0 Å². The molecule has 0 radical (unpaired) electrons. The van der Waals surface area contributed by atoms with Crippen LogP contribution in [0.25, 0.3) is 0 Å². The number of amides is 1. The highest BCUT2D eigenvalue weighted by atomic mass is 32.2. The van der Waals surface area contributed by atoms with Gasteiger partial charge in [0.2, 0.25) is 5.91 Å². The van der Waals surface area contributed by atoms with Gasteiger partial charge < -0.3 is 15.3 Å². The highest BCUT2D eigenvalue weighted by molar-refractivity contribution is 8.00. The Hall–Kier alpha value is -0.750. The monoisotopic (exact) mass is 220 g/mol. The van der Waals surface area contributed by atoms with Gasteiger partial charge in [-0.25, -0.2) is 0 Å². The molecule has 0 aliphatic rings. The number of nitrogens with one attached hydrogen (secondary N) is 1. The van der Waals surface area contributed by atoms with E-state index in [9.17, 15) is 9.59 Å².